The summed E-state index contributed by atoms with van der Waals surface area (Å²) in [4.78, 5) is 0. The molecule has 2 N–H and O–H groups in total. The lowest BCUT2D eigenvalue weighted by molar-refractivity contribution is 0.299. The maximum atomic E-state index is 5.66. The Morgan fingerprint density at radius 2 is 2.40 bits per heavy atom. The molecule has 4 nitrogen and oxygen atoms in total. The van der Waals surface area contributed by atoms with Gasteiger partial charge in [-0.3, -0.25) is 4.68 Å². The van der Waals surface area contributed by atoms with Crippen LogP contribution in [0.2, 0.25) is 0 Å². The predicted octanol–water partition coefficient (Wildman–Crippen LogP) is 1.64. The van der Waals surface area contributed by atoms with Crippen molar-refractivity contribution in [2.45, 2.75) is 45.2 Å². The Kier molecular flexibility index (Phi) is 2.95. The normalized spacial score (nSPS) is 17.8. The second kappa shape index (κ2) is 4.23. The molecule has 1 aliphatic rings. The van der Waals surface area contributed by atoms with Crippen LogP contribution in [0.25, 0.3) is 0 Å². The number of nitrogens with zero attached hydrogens (tertiary/aromatic N) is 2. The van der Waals surface area contributed by atoms with E-state index in [1.54, 1.807) is 0 Å². The molecule has 0 saturated heterocycles. The van der Waals surface area contributed by atoms with Gasteiger partial charge in [-0.15, -0.1) is 0 Å². The van der Waals surface area contributed by atoms with Crippen LogP contribution in [0.4, 0.5) is 0 Å². The Labute approximate surface area is 90.4 Å². The lowest BCUT2D eigenvalue weighted by Crippen LogP contribution is -2.18. The second-order valence-corrected chi connectivity index (χ2v) is 4.40. The Morgan fingerprint density at radius 1 is 1.67 bits per heavy atom. The number of aromatic nitrogens is 2. The van der Waals surface area contributed by atoms with Gasteiger partial charge in [-0.2, -0.15) is 5.10 Å². The summed E-state index contributed by atoms with van der Waals surface area (Å²) >= 11 is 0. The zero-order chi connectivity index (χ0) is 10.8. The molecule has 1 aliphatic carbocycles. The van der Waals surface area contributed by atoms with Gasteiger partial charge < -0.3 is 10.5 Å². The lowest BCUT2D eigenvalue weighted by Gasteiger charge is -2.06. The maximum absolute atomic E-state index is 5.66. The number of nitrogens with two attached hydrogens (primary N) is 1. The van der Waals surface area contributed by atoms with Gasteiger partial charge >= 0.3 is 0 Å². The largest absolute Gasteiger partial charge is 0.490 e. The molecule has 1 aromatic heterocycles. The molecular weight excluding hydrogens is 190 g/mol. The van der Waals surface area contributed by atoms with Crippen LogP contribution in [-0.4, -0.2) is 22.4 Å². The number of hydrogen-bond donors (Lipinski definition) is 1. The minimum absolute atomic E-state index is 0.198. The van der Waals surface area contributed by atoms with Gasteiger partial charge in [-0.05, 0) is 33.1 Å². The summed E-state index contributed by atoms with van der Waals surface area (Å²) in [7, 11) is 0. The Balaban J connectivity index is 1.89. The van der Waals surface area contributed by atoms with Crippen molar-refractivity contribution >= 4 is 0 Å². The van der Waals surface area contributed by atoms with Crippen LogP contribution < -0.4 is 10.5 Å². The third-order valence-electron chi connectivity index (χ3n) is 2.62. The van der Waals surface area contributed by atoms with E-state index in [-0.39, 0.29) is 6.04 Å². The van der Waals surface area contributed by atoms with E-state index >= 15 is 0 Å². The fraction of sp³-hybridized carbons (Fsp3) is 0.727. The van der Waals surface area contributed by atoms with Crippen molar-refractivity contribution in [1.82, 2.24) is 9.78 Å². The molecular formula is C11H19N3O. The maximum Gasteiger partial charge on any atom is 0.160 e. The third-order valence-corrected chi connectivity index (χ3v) is 2.62. The standard InChI is InChI=1S/C11H19N3O/c1-8(12)5-6-15-11-7-14(10-3-4-10)13-9(11)2/h7-8,10H,3-6,12H2,1-2H3/t8-/m1/s1. The fourth-order valence-corrected chi connectivity index (χ4v) is 1.49. The summed E-state index contributed by atoms with van der Waals surface area (Å²) < 4.78 is 7.67. The van der Waals surface area contributed by atoms with E-state index in [9.17, 15) is 0 Å². The monoisotopic (exact) mass is 209 g/mol. The van der Waals surface area contributed by atoms with Crippen molar-refractivity contribution < 1.29 is 4.74 Å². The molecule has 0 amide bonds. The molecule has 1 heterocycles. The summed E-state index contributed by atoms with van der Waals surface area (Å²) in [5.41, 5.74) is 6.64. The molecule has 1 fully saturated rings. The molecule has 0 unspecified atom stereocenters. The SMILES string of the molecule is Cc1nn(C2CC2)cc1OCC[C@@H](C)N. The zero-order valence-electron chi connectivity index (χ0n) is 9.44. The molecule has 2 rings (SSSR count). The van der Waals surface area contributed by atoms with Gasteiger partial charge in [-0.1, -0.05) is 0 Å². The summed E-state index contributed by atoms with van der Waals surface area (Å²) in [6.07, 6.45) is 5.39. The van der Waals surface area contributed by atoms with Gasteiger partial charge in [0.25, 0.3) is 0 Å². The first-order chi connectivity index (χ1) is 7.16. The van der Waals surface area contributed by atoms with E-state index in [2.05, 4.69) is 5.10 Å². The highest BCUT2D eigenvalue weighted by molar-refractivity contribution is 5.23. The Bertz CT molecular complexity index is 329. The molecule has 84 valence electrons. The van der Waals surface area contributed by atoms with Crippen molar-refractivity contribution in [3.63, 3.8) is 0 Å². The highest BCUT2D eigenvalue weighted by Crippen LogP contribution is 2.35. The van der Waals surface area contributed by atoms with Crippen molar-refractivity contribution in [3.8, 4) is 5.75 Å². The zero-order valence-corrected chi connectivity index (χ0v) is 9.44. The van der Waals surface area contributed by atoms with Gasteiger partial charge in [0.05, 0.1) is 18.8 Å². The summed E-state index contributed by atoms with van der Waals surface area (Å²) in [6, 6.07) is 0.818. The van der Waals surface area contributed by atoms with Gasteiger partial charge in [0.15, 0.2) is 5.75 Å². The smallest absolute Gasteiger partial charge is 0.160 e. The highest BCUT2D eigenvalue weighted by atomic mass is 16.5. The Morgan fingerprint density at radius 3 is 3.00 bits per heavy atom. The number of aryl methyl sites for hydroxylation is 1. The van der Waals surface area contributed by atoms with E-state index in [0.29, 0.717) is 12.6 Å². The van der Waals surface area contributed by atoms with Crippen LogP contribution >= 0.6 is 0 Å². The second-order valence-electron chi connectivity index (χ2n) is 4.40. The van der Waals surface area contributed by atoms with E-state index < -0.39 is 0 Å². The van der Waals surface area contributed by atoms with Crippen molar-refractivity contribution in [2.75, 3.05) is 6.61 Å². The van der Waals surface area contributed by atoms with Crippen molar-refractivity contribution in [3.05, 3.63) is 11.9 Å². The highest BCUT2D eigenvalue weighted by Gasteiger charge is 2.25. The molecule has 4 heteroatoms. The summed E-state index contributed by atoms with van der Waals surface area (Å²) in [5.74, 6) is 0.905. The topological polar surface area (TPSA) is 53.1 Å². The number of hydrogen-bond acceptors (Lipinski definition) is 3. The molecule has 1 atom stereocenters. The van der Waals surface area contributed by atoms with E-state index in [1.165, 1.54) is 12.8 Å². The molecule has 0 radical (unpaired) electrons. The molecule has 0 bridgehead atoms. The molecule has 1 saturated carbocycles. The van der Waals surface area contributed by atoms with Crippen LogP contribution in [0.15, 0.2) is 6.20 Å². The first-order valence-electron chi connectivity index (χ1n) is 5.61. The van der Waals surface area contributed by atoms with E-state index in [1.807, 2.05) is 24.7 Å². The fourth-order valence-electron chi connectivity index (χ4n) is 1.49. The van der Waals surface area contributed by atoms with E-state index in [4.69, 9.17) is 10.5 Å². The van der Waals surface area contributed by atoms with Crippen LogP contribution in [0, 0.1) is 6.92 Å². The minimum atomic E-state index is 0.198. The van der Waals surface area contributed by atoms with Crippen LogP contribution in [0.1, 0.15) is 37.9 Å². The van der Waals surface area contributed by atoms with Crippen molar-refractivity contribution in [1.29, 1.82) is 0 Å². The van der Waals surface area contributed by atoms with Crippen LogP contribution in [0.5, 0.6) is 5.75 Å². The minimum Gasteiger partial charge on any atom is -0.490 e. The van der Waals surface area contributed by atoms with Crippen molar-refractivity contribution in [2.24, 2.45) is 5.73 Å². The summed E-state index contributed by atoms with van der Waals surface area (Å²) in [5, 5.41) is 4.43. The average molecular weight is 209 g/mol. The van der Waals surface area contributed by atoms with Gasteiger partial charge in [-0.25, -0.2) is 0 Å². The lowest BCUT2D eigenvalue weighted by atomic mass is 10.3. The van der Waals surface area contributed by atoms with Crippen LogP contribution in [0.3, 0.4) is 0 Å². The first kappa shape index (κ1) is 10.5. The molecule has 0 aliphatic heterocycles. The molecule has 15 heavy (non-hydrogen) atoms. The van der Waals surface area contributed by atoms with Gasteiger partial charge in [0, 0.05) is 6.04 Å². The van der Waals surface area contributed by atoms with Gasteiger partial charge in [0.2, 0.25) is 0 Å². The average Bonchev–Trinajstić information content (AvgIpc) is 2.93. The predicted molar refractivity (Wildman–Crippen MR) is 59.0 cm³/mol. The first-order valence-corrected chi connectivity index (χ1v) is 5.61. The van der Waals surface area contributed by atoms with Gasteiger partial charge in [0.1, 0.15) is 5.69 Å². The quantitative estimate of drug-likeness (QED) is 0.802. The molecule has 0 spiro atoms. The number of rotatable bonds is 5. The van der Waals surface area contributed by atoms with Crippen LogP contribution in [-0.2, 0) is 0 Å². The molecule has 0 aromatic carbocycles. The van der Waals surface area contributed by atoms with E-state index in [0.717, 1.165) is 17.9 Å². The molecule has 1 aromatic rings. The summed E-state index contributed by atoms with van der Waals surface area (Å²) in [6.45, 7) is 4.65. The Hall–Kier alpha value is -1.03. The number of ether oxygens (including phenoxy) is 1. The third kappa shape index (κ3) is 2.72.